The minimum absolute atomic E-state index is 0.0178. The first kappa shape index (κ1) is 17.6. The summed E-state index contributed by atoms with van der Waals surface area (Å²) in [7, 11) is -4.88. The van der Waals surface area contributed by atoms with E-state index in [4.69, 9.17) is 19.6 Å². The van der Waals surface area contributed by atoms with E-state index in [0.29, 0.717) is 18.5 Å². The van der Waals surface area contributed by atoms with Crippen molar-refractivity contribution in [3.8, 4) is 0 Å². The minimum atomic E-state index is -4.88. The number of hydrogen-bond donors (Lipinski definition) is 4. The summed E-state index contributed by atoms with van der Waals surface area (Å²) in [5.41, 5.74) is -0.593. The number of carboxylic acids is 1. The van der Waals surface area contributed by atoms with Crippen molar-refractivity contribution in [3.63, 3.8) is 0 Å². The van der Waals surface area contributed by atoms with Crippen molar-refractivity contribution in [2.45, 2.75) is 25.7 Å². The number of carboxylic acid groups (broad SMARTS) is 1. The molecule has 1 saturated carbocycles. The number of aryl methyl sites for hydroxylation is 1. The first-order valence-corrected chi connectivity index (χ1v) is 8.47. The van der Waals surface area contributed by atoms with Gasteiger partial charge < -0.3 is 24.2 Å². The van der Waals surface area contributed by atoms with Crippen molar-refractivity contribution in [2.75, 3.05) is 6.61 Å². The average molecular weight is 348 g/mol. The lowest BCUT2D eigenvalue weighted by atomic mass is 10.3. The van der Waals surface area contributed by atoms with Gasteiger partial charge in [0.25, 0.3) is 11.4 Å². The molecule has 1 aliphatic carbocycles. The van der Waals surface area contributed by atoms with E-state index in [1.54, 1.807) is 6.92 Å². The summed E-state index contributed by atoms with van der Waals surface area (Å²) in [5, 5.41) is 8.74. The van der Waals surface area contributed by atoms with Crippen LogP contribution in [0, 0.1) is 18.8 Å². The van der Waals surface area contributed by atoms with Crippen molar-refractivity contribution in [3.05, 3.63) is 32.6 Å². The highest BCUT2D eigenvalue weighted by molar-refractivity contribution is 7.53. The molecule has 11 heteroatoms. The molecule has 0 aromatic carbocycles. The van der Waals surface area contributed by atoms with Crippen molar-refractivity contribution in [2.24, 2.45) is 11.8 Å². The van der Waals surface area contributed by atoms with Crippen LogP contribution in [0.2, 0.25) is 0 Å². The van der Waals surface area contributed by atoms with Gasteiger partial charge in [-0.05, 0) is 25.2 Å². The molecule has 1 aromatic heterocycles. The van der Waals surface area contributed by atoms with Crippen LogP contribution in [0.25, 0.3) is 0 Å². The third-order valence-electron chi connectivity index (χ3n) is 3.67. The Morgan fingerprint density at radius 2 is 2.13 bits per heavy atom. The first-order valence-electron chi connectivity index (χ1n) is 6.79. The molecule has 0 spiro atoms. The minimum Gasteiger partial charge on any atom is -0.479 e. The molecule has 2 rings (SSSR count). The average Bonchev–Trinajstić information content (AvgIpc) is 3.12. The SMILES string of the molecule is Cc1cn(CC2C[C@@H]2COC(C(=O)O)P(=O)(O)O)c(=O)[nH]c1=O. The maximum absolute atomic E-state index is 11.6. The molecule has 1 heterocycles. The Bertz CT molecular complexity index is 763. The summed E-state index contributed by atoms with van der Waals surface area (Å²) in [6, 6.07) is 0. The molecule has 128 valence electrons. The smallest absolute Gasteiger partial charge is 0.365 e. The highest BCUT2D eigenvalue weighted by Crippen LogP contribution is 2.45. The Kier molecular flexibility index (Phi) is 4.90. The summed E-state index contributed by atoms with van der Waals surface area (Å²) in [4.78, 5) is 53.7. The van der Waals surface area contributed by atoms with Crippen LogP contribution in [0.1, 0.15) is 12.0 Å². The second-order valence-electron chi connectivity index (χ2n) is 5.59. The monoisotopic (exact) mass is 348 g/mol. The van der Waals surface area contributed by atoms with Gasteiger partial charge in [-0.2, -0.15) is 0 Å². The Morgan fingerprint density at radius 1 is 1.48 bits per heavy atom. The lowest BCUT2D eigenvalue weighted by molar-refractivity contribution is -0.146. The molecular formula is C12H17N2O8P. The molecule has 0 amide bonds. The van der Waals surface area contributed by atoms with E-state index < -0.39 is 30.7 Å². The molecule has 3 atom stereocenters. The molecule has 0 radical (unpaired) electrons. The maximum atomic E-state index is 11.6. The van der Waals surface area contributed by atoms with Crippen molar-refractivity contribution in [1.29, 1.82) is 0 Å². The van der Waals surface area contributed by atoms with Gasteiger partial charge in [0.15, 0.2) is 0 Å². The van der Waals surface area contributed by atoms with Gasteiger partial charge in [-0.25, -0.2) is 9.59 Å². The third kappa shape index (κ3) is 4.38. The maximum Gasteiger partial charge on any atom is 0.365 e. The van der Waals surface area contributed by atoms with E-state index in [2.05, 4.69) is 4.98 Å². The number of ether oxygens (including phenoxy) is 1. The van der Waals surface area contributed by atoms with E-state index in [-0.39, 0.29) is 18.4 Å². The third-order valence-corrected chi connectivity index (χ3v) is 4.66. The molecule has 1 fully saturated rings. The Balaban J connectivity index is 1.93. The lowest BCUT2D eigenvalue weighted by Crippen LogP contribution is -2.31. The Morgan fingerprint density at radius 3 is 2.70 bits per heavy atom. The van der Waals surface area contributed by atoms with Crippen LogP contribution in [0.3, 0.4) is 0 Å². The summed E-state index contributed by atoms with van der Waals surface area (Å²) in [5.74, 6) is -3.98. The number of nitrogens with one attached hydrogen (secondary N) is 1. The zero-order valence-electron chi connectivity index (χ0n) is 12.2. The number of aromatic amines is 1. The fraction of sp³-hybridized carbons (Fsp3) is 0.583. The standard InChI is InChI=1S/C12H17N2O8P/c1-6-3-14(12(18)13-9(6)15)4-7-2-8(7)5-22-11(10(16)17)23(19,20)21/h3,7-8,11H,2,4-5H2,1H3,(H,16,17)(H,13,15,18)(H2,19,20,21)/t7?,8-,11?/m1/s1. The topological polar surface area (TPSA) is 159 Å². The summed E-state index contributed by atoms with van der Waals surface area (Å²) in [6.07, 6.45) is 2.07. The number of aliphatic carboxylic acids is 1. The predicted octanol–water partition coefficient (Wildman–Crippen LogP) is -0.914. The molecule has 4 N–H and O–H groups in total. The number of nitrogens with zero attached hydrogens (tertiary/aromatic N) is 1. The van der Waals surface area contributed by atoms with E-state index in [0.717, 1.165) is 0 Å². The van der Waals surface area contributed by atoms with Gasteiger partial charge in [0, 0.05) is 18.3 Å². The summed E-state index contributed by atoms with van der Waals surface area (Å²) in [6.45, 7) is 1.77. The fourth-order valence-electron chi connectivity index (χ4n) is 2.27. The molecule has 0 aliphatic heterocycles. The van der Waals surface area contributed by atoms with Gasteiger partial charge in [-0.3, -0.25) is 14.3 Å². The molecule has 1 aromatic rings. The van der Waals surface area contributed by atoms with E-state index in [9.17, 15) is 18.9 Å². The second-order valence-corrected chi connectivity index (χ2v) is 7.24. The number of rotatable bonds is 7. The lowest BCUT2D eigenvalue weighted by Gasteiger charge is -2.14. The van der Waals surface area contributed by atoms with Crippen LogP contribution >= 0.6 is 7.60 Å². The van der Waals surface area contributed by atoms with Gasteiger partial charge in [-0.1, -0.05) is 0 Å². The number of aromatic nitrogens is 2. The largest absolute Gasteiger partial charge is 0.479 e. The van der Waals surface area contributed by atoms with Gasteiger partial charge in [-0.15, -0.1) is 0 Å². The van der Waals surface area contributed by atoms with E-state index in [1.165, 1.54) is 10.8 Å². The summed E-state index contributed by atoms with van der Waals surface area (Å²) >= 11 is 0. The van der Waals surface area contributed by atoms with Crippen LogP contribution < -0.4 is 11.2 Å². The Labute approximate surface area is 129 Å². The van der Waals surface area contributed by atoms with Crippen LogP contribution in [-0.2, 0) is 20.6 Å². The van der Waals surface area contributed by atoms with Gasteiger partial charge in [0.05, 0.1) is 6.61 Å². The van der Waals surface area contributed by atoms with Crippen molar-refractivity contribution < 1.29 is 29.0 Å². The van der Waals surface area contributed by atoms with Gasteiger partial charge >= 0.3 is 19.3 Å². The highest BCUT2D eigenvalue weighted by Gasteiger charge is 2.42. The van der Waals surface area contributed by atoms with E-state index >= 15 is 0 Å². The first-order chi connectivity index (χ1) is 10.6. The molecule has 2 unspecified atom stereocenters. The fourth-order valence-corrected chi connectivity index (χ4v) is 2.84. The predicted molar refractivity (Wildman–Crippen MR) is 77.1 cm³/mol. The van der Waals surface area contributed by atoms with Crippen LogP contribution in [0.15, 0.2) is 15.8 Å². The molecule has 10 nitrogen and oxygen atoms in total. The molecular weight excluding hydrogens is 331 g/mol. The summed E-state index contributed by atoms with van der Waals surface area (Å²) < 4.78 is 17.2. The van der Waals surface area contributed by atoms with E-state index in [1.807, 2.05) is 0 Å². The number of carbonyl (C=O) groups is 1. The molecule has 1 aliphatic rings. The van der Waals surface area contributed by atoms with Crippen molar-refractivity contribution in [1.82, 2.24) is 9.55 Å². The molecule has 23 heavy (non-hydrogen) atoms. The van der Waals surface area contributed by atoms with Crippen molar-refractivity contribution >= 4 is 13.6 Å². The zero-order valence-corrected chi connectivity index (χ0v) is 13.1. The van der Waals surface area contributed by atoms with Crippen LogP contribution in [0.4, 0.5) is 0 Å². The number of H-pyrrole nitrogens is 1. The van der Waals surface area contributed by atoms with Gasteiger partial charge in [0.2, 0.25) is 0 Å². The van der Waals surface area contributed by atoms with Gasteiger partial charge in [0.1, 0.15) is 0 Å². The number of hydrogen-bond acceptors (Lipinski definition) is 5. The Hall–Kier alpha value is -1.74. The van der Waals surface area contributed by atoms with Crippen LogP contribution in [-0.4, -0.2) is 42.9 Å². The quantitative estimate of drug-likeness (QED) is 0.461. The van der Waals surface area contributed by atoms with Crippen LogP contribution in [0.5, 0.6) is 0 Å². The zero-order chi connectivity index (χ0) is 17.4. The molecule has 0 saturated heterocycles. The second kappa shape index (κ2) is 6.40. The molecule has 0 bridgehead atoms. The normalized spacial score (nSPS) is 21.9. The highest BCUT2D eigenvalue weighted by atomic mass is 31.2.